The van der Waals surface area contributed by atoms with Crippen molar-refractivity contribution in [1.82, 2.24) is 10.2 Å². The van der Waals surface area contributed by atoms with E-state index in [-0.39, 0.29) is 11.7 Å². The van der Waals surface area contributed by atoms with Gasteiger partial charge in [0.05, 0.1) is 5.56 Å². The van der Waals surface area contributed by atoms with Crippen molar-refractivity contribution in [3.05, 3.63) is 29.3 Å². The number of nitrogens with one attached hydrogen (secondary N) is 1. The number of nitrogens with zero attached hydrogens (tertiary/aromatic N) is 1. The van der Waals surface area contributed by atoms with Crippen LogP contribution in [0.2, 0.25) is 0 Å². The summed E-state index contributed by atoms with van der Waals surface area (Å²) in [7, 11) is 0. The van der Waals surface area contributed by atoms with E-state index >= 15 is 0 Å². The highest BCUT2D eigenvalue weighted by Crippen LogP contribution is 2.18. The van der Waals surface area contributed by atoms with Crippen molar-refractivity contribution in [2.24, 2.45) is 0 Å². The first-order valence-corrected chi connectivity index (χ1v) is 7.47. The number of rotatable bonds is 5. The molecular formula is C16H24N2O2. The summed E-state index contributed by atoms with van der Waals surface area (Å²) in [6, 6.07) is 5.12. The van der Waals surface area contributed by atoms with Crippen molar-refractivity contribution in [2.75, 3.05) is 26.2 Å². The molecule has 1 amide bonds. The molecule has 1 aromatic carbocycles. The van der Waals surface area contributed by atoms with E-state index in [1.54, 1.807) is 12.1 Å². The molecular weight excluding hydrogens is 252 g/mol. The topological polar surface area (TPSA) is 52.6 Å². The van der Waals surface area contributed by atoms with Gasteiger partial charge in [0.25, 0.3) is 5.91 Å². The largest absolute Gasteiger partial charge is 0.507 e. The zero-order valence-corrected chi connectivity index (χ0v) is 12.2. The zero-order valence-electron chi connectivity index (χ0n) is 12.2. The Hall–Kier alpha value is -1.55. The lowest BCUT2D eigenvalue weighted by molar-refractivity contribution is 0.0948. The maximum Gasteiger partial charge on any atom is 0.255 e. The number of hydrogen-bond donors (Lipinski definition) is 2. The summed E-state index contributed by atoms with van der Waals surface area (Å²) in [5.41, 5.74) is 1.30. The normalized spacial score (nSPS) is 16.1. The van der Waals surface area contributed by atoms with E-state index in [0.717, 1.165) is 18.5 Å². The van der Waals surface area contributed by atoms with Gasteiger partial charge in [-0.15, -0.1) is 0 Å². The number of likely N-dealkylation sites (tertiary alicyclic amines) is 1. The van der Waals surface area contributed by atoms with Crippen LogP contribution >= 0.6 is 0 Å². The van der Waals surface area contributed by atoms with Gasteiger partial charge in [-0.25, -0.2) is 0 Å². The lowest BCUT2D eigenvalue weighted by atomic mass is 10.1. The maximum absolute atomic E-state index is 11.9. The first-order valence-electron chi connectivity index (χ1n) is 7.47. The Morgan fingerprint density at radius 2 is 2.05 bits per heavy atom. The van der Waals surface area contributed by atoms with Crippen molar-refractivity contribution in [2.45, 2.75) is 32.6 Å². The fourth-order valence-electron chi connectivity index (χ4n) is 2.62. The Morgan fingerprint density at radius 1 is 1.30 bits per heavy atom. The summed E-state index contributed by atoms with van der Waals surface area (Å²) in [4.78, 5) is 14.4. The molecule has 0 bridgehead atoms. The predicted octanol–water partition coefficient (Wildman–Crippen LogP) is 2.31. The van der Waals surface area contributed by atoms with Gasteiger partial charge in [-0.1, -0.05) is 12.5 Å². The quantitative estimate of drug-likeness (QED) is 0.811. The molecule has 0 aromatic heterocycles. The highest BCUT2D eigenvalue weighted by Gasteiger charge is 2.12. The summed E-state index contributed by atoms with van der Waals surface area (Å²) >= 11 is 0. The van der Waals surface area contributed by atoms with Gasteiger partial charge in [0.2, 0.25) is 0 Å². The van der Waals surface area contributed by atoms with E-state index in [1.807, 2.05) is 13.0 Å². The number of aryl methyl sites for hydroxylation is 1. The highest BCUT2D eigenvalue weighted by atomic mass is 16.3. The second kappa shape index (κ2) is 7.29. The number of phenols is 1. The maximum atomic E-state index is 11.9. The third-order valence-corrected chi connectivity index (χ3v) is 3.78. The average Bonchev–Trinajstić information content (AvgIpc) is 2.44. The summed E-state index contributed by atoms with van der Waals surface area (Å²) in [6.45, 7) is 5.96. The SMILES string of the molecule is Cc1ccc(C(=O)NCCCN2CCCCC2)c(O)c1. The average molecular weight is 276 g/mol. The molecule has 1 fully saturated rings. The molecule has 0 radical (unpaired) electrons. The molecule has 4 nitrogen and oxygen atoms in total. The third-order valence-electron chi connectivity index (χ3n) is 3.78. The molecule has 1 aromatic rings. The molecule has 2 N–H and O–H groups in total. The lowest BCUT2D eigenvalue weighted by Crippen LogP contribution is -2.33. The third kappa shape index (κ3) is 4.23. The minimum atomic E-state index is -0.193. The second-order valence-corrected chi connectivity index (χ2v) is 5.53. The molecule has 4 heteroatoms. The van der Waals surface area contributed by atoms with Gasteiger partial charge in [0, 0.05) is 6.54 Å². The summed E-state index contributed by atoms with van der Waals surface area (Å²) in [5.74, 6) is -0.139. The Labute approximate surface area is 120 Å². The van der Waals surface area contributed by atoms with Crippen LogP contribution in [0.5, 0.6) is 5.75 Å². The van der Waals surface area contributed by atoms with E-state index in [4.69, 9.17) is 0 Å². The lowest BCUT2D eigenvalue weighted by Gasteiger charge is -2.26. The number of hydrogen-bond acceptors (Lipinski definition) is 3. The molecule has 0 atom stereocenters. The number of phenolic OH excluding ortho intramolecular Hbond substituents is 1. The van der Waals surface area contributed by atoms with Crippen LogP contribution in [0.25, 0.3) is 0 Å². The fourth-order valence-corrected chi connectivity index (χ4v) is 2.62. The van der Waals surface area contributed by atoms with Gasteiger partial charge in [-0.05, 0) is 63.5 Å². The van der Waals surface area contributed by atoms with Crippen LogP contribution in [0, 0.1) is 6.92 Å². The van der Waals surface area contributed by atoms with E-state index in [9.17, 15) is 9.90 Å². The van der Waals surface area contributed by atoms with Crippen LogP contribution in [0.1, 0.15) is 41.6 Å². The molecule has 0 unspecified atom stereocenters. The molecule has 0 saturated carbocycles. The monoisotopic (exact) mass is 276 g/mol. The van der Waals surface area contributed by atoms with Crippen LogP contribution < -0.4 is 5.32 Å². The van der Waals surface area contributed by atoms with Gasteiger partial charge < -0.3 is 15.3 Å². The number of aromatic hydroxyl groups is 1. The van der Waals surface area contributed by atoms with Crippen molar-refractivity contribution in [3.63, 3.8) is 0 Å². The first kappa shape index (κ1) is 14.9. The number of amides is 1. The standard InChI is InChI=1S/C16H24N2O2/c1-13-6-7-14(15(19)12-13)16(20)17-8-5-11-18-9-3-2-4-10-18/h6-7,12,19H,2-5,8-11H2,1H3,(H,17,20). The molecule has 1 aliphatic heterocycles. The van der Waals surface area contributed by atoms with Gasteiger partial charge in [-0.2, -0.15) is 0 Å². The molecule has 1 aliphatic rings. The van der Waals surface area contributed by atoms with Crippen LogP contribution in [-0.2, 0) is 0 Å². The fraction of sp³-hybridized carbons (Fsp3) is 0.562. The Bertz CT molecular complexity index is 454. The molecule has 110 valence electrons. The van der Waals surface area contributed by atoms with Crippen molar-refractivity contribution < 1.29 is 9.90 Å². The number of benzene rings is 1. The summed E-state index contributed by atoms with van der Waals surface area (Å²) in [5, 5.41) is 12.6. The Balaban J connectivity index is 1.72. The minimum absolute atomic E-state index is 0.0542. The summed E-state index contributed by atoms with van der Waals surface area (Å²) in [6.07, 6.45) is 4.89. The highest BCUT2D eigenvalue weighted by molar-refractivity contribution is 5.96. The van der Waals surface area contributed by atoms with Gasteiger partial charge in [0.1, 0.15) is 5.75 Å². The van der Waals surface area contributed by atoms with Gasteiger partial charge >= 0.3 is 0 Å². The zero-order chi connectivity index (χ0) is 14.4. The smallest absolute Gasteiger partial charge is 0.255 e. The Kier molecular flexibility index (Phi) is 5.41. The van der Waals surface area contributed by atoms with Crippen molar-refractivity contribution in [3.8, 4) is 5.75 Å². The molecule has 0 aliphatic carbocycles. The molecule has 2 rings (SSSR count). The number of piperidine rings is 1. The van der Waals surface area contributed by atoms with Crippen molar-refractivity contribution >= 4 is 5.91 Å². The first-order chi connectivity index (χ1) is 9.66. The van der Waals surface area contributed by atoms with Crippen molar-refractivity contribution in [1.29, 1.82) is 0 Å². The van der Waals surface area contributed by atoms with E-state index in [2.05, 4.69) is 10.2 Å². The molecule has 0 spiro atoms. The summed E-state index contributed by atoms with van der Waals surface area (Å²) < 4.78 is 0. The minimum Gasteiger partial charge on any atom is -0.507 e. The van der Waals surface area contributed by atoms with Gasteiger partial charge in [0.15, 0.2) is 0 Å². The van der Waals surface area contributed by atoms with Crippen LogP contribution in [-0.4, -0.2) is 42.1 Å². The van der Waals surface area contributed by atoms with Crippen LogP contribution in [0.3, 0.4) is 0 Å². The van der Waals surface area contributed by atoms with E-state index < -0.39 is 0 Å². The molecule has 1 heterocycles. The van der Waals surface area contributed by atoms with E-state index in [0.29, 0.717) is 12.1 Å². The van der Waals surface area contributed by atoms with E-state index in [1.165, 1.54) is 32.4 Å². The van der Waals surface area contributed by atoms with Gasteiger partial charge in [-0.3, -0.25) is 4.79 Å². The molecule has 1 saturated heterocycles. The Morgan fingerprint density at radius 3 is 2.75 bits per heavy atom. The number of carbonyl (C=O) groups is 1. The number of carbonyl (C=O) groups excluding carboxylic acids is 1. The predicted molar refractivity (Wildman–Crippen MR) is 80.1 cm³/mol. The van der Waals surface area contributed by atoms with Crippen LogP contribution in [0.15, 0.2) is 18.2 Å². The second-order valence-electron chi connectivity index (χ2n) is 5.53. The molecule has 20 heavy (non-hydrogen) atoms. The van der Waals surface area contributed by atoms with Crippen LogP contribution in [0.4, 0.5) is 0 Å².